The van der Waals surface area contributed by atoms with Gasteiger partial charge < -0.3 is 9.47 Å². The minimum absolute atomic E-state index is 0.0837. The smallest absolute Gasteiger partial charge is 0.431 e. The molecule has 0 saturated heterocycles. The Labute approximate surface area is 177 Å². The van der Waals surface area contributed by atoms with Crippen LogP contribution in [-0.2, 0) is 18.0 Å². The molecule has 0 radical (unpaired) electrons. The van der Waals surface area contributed by atoms with Crippen molar-refractivity contribution in [2.45, 2.75) is 6.18 Å². The van der Waals surface area contributed by atoms with Crippen LogP contribution in [0.15, 0.2) is 58.1 Å². The minimum atomic E-state index is -4.88. The Hall–Kier alpha value is -3.60. The summed E-state index contributed by atoms with van der Waals surface area (Å²) in [6.45, 7) is -0.410. The number of hydrogen-bond acceptors (Lipinski definition) is 6. The van der Waals surface area contributed by atoms with Crippen LogP contribution in [0, 0.1) is 0 Å². The third-order valence-corrected chi connectivity index (χ3v) is 4.06. The van der Waals surface area contributed by atoms with Crippen molar-refractivity contribution in [1.82, 2.24) is 14.1 Å². The van der Waals surface area contributed by atoms with Gasteiger partial charge in [0.05, 0.1) is 0 Å². The van der Waals surface area contributed by atoms with Gasteiger partial charge in [-0.05, 0) is 29.8 Å². The van der Waals surface area contributed by atoms with Crippen LogP contribution in [0.4, 0.5) is 13.2 Å². The summed E-state index contributed by atoms with van der Waals surface area (Å²) < 4.78 is 50.7. The predicted octanol–water partition coefficient (Wildman–Crippen LogP) is 2.89. The highest BCUT2D eigenvalue weighted by Crippen LogP contribution is 2.31. The number of rotatable bonds is 6. The van der Waals surface area contributed by atoms with Gasteiger partial charge in [-0.3, -0.25) is 14.2 Å². The van der Waals surface area contributed by atoms with Gasteiger partial charge in [-0.1, -0.05) is 18.2 Å². The number of para-hydroxylation sites is 2. The molecule has 8 nitrogen and oxygen atoms in total. The molecule has 31 heavy (non-hydrogen) atoms. The summed E-state index contributed by atoms with van der Waals surface area (Å²) in [6, 6.07) is 10.6. The molecule has 162 valence electrons. The molecule has 0 aliphatic carbocycles. The van der Waals surface area contributed by atoms with E-state index in [1.165, 1.54) is 30.3 Å². The third-order valence-electron chi connectivity index (χ3n) is 3.95. The Morgan fingerprint density at radius 1 is 1.10 bits per heavy atom. The zero-order valence-electron chi connectivity index (χ0n) is 15.7. The number of hydrogen-bond donors (Lipinski definition) is 0. The monoisotopic (exact) mass is 455 g/mol. The van der Waals surface area contributed by atoms with Crippen LogP contribution in [0.3, 0.4) is 0 Å². The lowest BCUT2D eigenvalue weighted by molar-refractivity contribution is -0.144. The third kappa shape index (κ3) is 4.94. The highest BCUT2D eigenvalue weighted by molar-refractivity contribution is 6.63. The first-order valence-electron chi connectivity index (χ1n) is 8.53. The summed E-state index contributed by atoms with van der Waals surface area (Å²) in [5.74, 6) is -0.00481. The number of aromatic nitrogens is 3. The van der Waals surface area contributed by atoms with E-state index in [2.05, 4.69) is 4.98 Å². The fourth-order valence-electron chi connectivity index (χ4n) is 2.59. The van der Waals surface area contributed by atoms with E-state index in [9.17, 15) is 27.6 Å². The number of nitrogens with zero attached hydrogens (tertiary/aromatic N) is 3. The molecule has 1 aromatic carbocycles. The van der Waals surface area contributed by atoms with Crippen molar-refractivity contribution in [1.29, 1.82) is 0 Å². The van der Waals surface area contributed by atoms with Crippen molar-refractivity contribution in [2.24, 2.45) is 7.05 Å². The molecule has 0 saturated carbocycles. The molecule has 2 aromatic heterocycles. The van der Waals surface area contributed by atoms with Gasteiger partial charge in [0.15, 0.2) is 18.1 Å². The molecular formula is C19H13ClF3N3O5. The fourth-order valence-corrected chi connectivity index (χ4v) is 2.65. The molecule has 0 unspecified atom stereocenters. The summed E-state index contributed by atoms with van der Waals surface area (Å²) in [5.41, 5.74) is -3.82. The second-order valence-corrected chi connectivity index (χ2v) is 6.49. The van der Waals surface area contributed by atoms with Gasteiger partial charge in [-0.25, -0.2) is 9.36 Å². The number of benzene rings is 1. The molecule has 0 atom stereocenters. The molecule has 0 N–H and O–H groups in total. The van der Waals surface area contributed by atoms with E-state index in [0.717, 1.165) is 7.05 Å². The first-order valence-corrected chi connectivity index (χ1v) is 8.91. The quantitative estimate of drug-likeness (QED) is 0.531. The van der Waals surface area contributed by atoms with Crippen LogP contribution in [0.1, 0.15) is 5.69 Å². The molecule has 0 spiro atoms. The van der Waals surface area contributed by atoms with Gasteiger partial charge in [0.2, 0.25) is 5.88 Å². The number of alkyl halides is 3. The van der Waals surface area contributed by atoms with E-state index in [1.807, 2.05) is 0 Å². The molecule has 0 bridgehead atoms. The Kier molecular flexibility index (Phi) is 6.16. The van der Waals surface area contributed by atoms with Crippen LogP contribution in [0.25, 0.3) is 5.82 Å². The Bertz CT molecular complexity index is 1250. The van der Waals surface area contributed by atoms with E-state index in [1.54, 1.807) is 12.1 Å². The zero-order valence-corrected chi connectivity index (χ0v) is 16.5. The van der Waals surface area contributed by atoms with Crippen molar-refractivity contribution in [3.05, 3.63) is 75.1 Å². The van der Waals surface area contributed by atoms with E-state index in [-0.39, 0.29) is 23.2 Å². The maximum absolute atomic E-state index is 13.0. The highest BCUT2D eigenvalue weighted by Gasteiger charge is 2.35. The second-order valence-electron chi connectivity index (χ2n) is 6.07. The van der Waals surface area contributed by atoms with Crippen molar-refractivity contribution in [2.75, 3.05) is 6.61 Å². The maximum Gasteiger partial charge on any atom is 0.431 e. The molecular weight excluding hydrogens is 443 g/mol. The number of carbonyl (C=O) groups excluding carboxylic acids is 1. The lowest BCUT2D eigenvalue weighted by atomic mass is 10.3. The topological polar surface area (TPSA) is 92.4 Å². The van der Waals surface area contributed by atoms with Crippen LogP contribution in [0.2, 0.25) is 0 Å². The molecule has 3 aromatic rings. The number of carbonyl (C=O) groups is 1. The van der Waals surface area contributed by atoms with Gasteiger partial charge in [-0.2, -0.15) is 18.2 Å². The van der Waals surface area contributed by atoms with Crippen LogP contribution >= 0.6 is 11.6 Å². The SMILES string of the molecule is Cn1c(C(F)(F)F)cc(=O)n(-c2cccc(Oc3ccccc3OCC(=O)Cl)n2)c1=O. The molecule has 3 rings (SSSR count). The van der Waals surface area contributed by atoms with Gasteiger partial charge in [0.1, 0.15) is 11.5 Å². The summed E-state index contributed by atoms with van der Waals surface area (Å²) in [4.78, 5) is 39.6. The lowest BCUT2D eigenvalue weighted by Gasteiger charge is -2.14. The lowest BCUT2D eigenvalue weighted by Crippen LogP contribution is -2.41. The van der Waals surface area contributed by atoms with Gasteiger partial charge in [-0.15, -0.1) is 0 Å². The normalized spacial score (nSPS) is 11.3. The minimum Gasteiger partial charge on any atom is -0.481 e. The number of pyridine rings is 1. The maximum atomic E-state index is 13.0. The molecule has 0 aliphatic heterocycles. The average molecular weight is 456 g/mol. The summed E-state index contributed by atoms with van der Waals surface area (Å²) in [5, 5.41) is -0.729. The van der Waals surface area contributed by atoms with E-state index < -0.39 is 35.0 Å². The van der Waals surface area contributed by atoms with Crippen LogP contribution in [0.5, 0.6) is 17.4 Å². The molecule has 12 heteroatoms. The standard InChI is InChI=1S/C19H13ClF3N3O5/c1-25-13(19(21,22)23)9-17(28)26(18(25)29)15-7-4-8-16(24-15)31-12-6-3-2-5-11(12)30-10-14(20)27/h2-9H,10H2,1H3. The molecule has 0 amide bonds. The molecule has 2 heterocycles. The first-order chi connectivity index (χ1) is 14.6. The Morgan fingerprint density at radius 2 is 1.77 bits per heavy atom. The number of ether oxygens (including phenoxy) is 2. The van der Waals surface area contributed by atoms with Crippen molar-refractivity contribution >= 4 is 16.8 Å². The second kappa shape index (κ2) is 8.64. The highest BCUT2D eigenvalue weighted by atomic mass is 35.5. The summed E-state index contributed by atoms with van der Waals surface area (Å²) in [6.07, 6.45) is -4.88. The predicted molar refractivity (Wildman–Crippen MR) is 103 cm³/mol. The van der Waals surface area contributed by atoms with E-state index >= 15 is 0 Å². The van der Waals surface area contributed by atoms with Gasteiger partial charge in [0.25, 0.3) is 10.8 Å². The Morgan fingerprint density at radius 3 is 2.42 bits per heavy atom. The van der Waals surface area contributed by atoms with Crippen molar-refractivity contribution in [3.8, 4) is 23.2 Å². The van der Waals surface area contributed by atoms with Gasteiger partial charge >= 0.3 is 11.9 Å². The fraction of sp³-hybridized carbons (Fsp3) is 0.158. The largest absolute Gasteiger partial charge is 0.481 e. The van der Waals surface area contributed by atoms with Gasteiger partial charge in [0, 0.05) is 19.2 Å². The Balaban J connectivity index is 2.00. The van der Waals surface area contributed by atoms with Crippen LogP contribution < -0.4 is 20.7 Å². The molecule has 0 fully saturated rings. The van der Waals surface area contributed by atoms with E-state index in [0.29, 0.717) is 15.2 Å². The number of halogens is 4. The van der Waals surface area contributed by atoms with Crippen molar-refractivity contribution < 1.29 is 27.4 Å². The van der Waals surface area contributed by atoms with E-state index in [4.69, 9.17) is 21.1 Å². The molecule has 0 aliphatic rings. The summed E-state index contributed by atoms with van der Waals surface area (Å²) in [7, 11) is 0.896. The first kappa shape index (κ1) is 22.1. The zero-order chi connectivity index (χ0) is 22.8. The van der Waals surface area contributed by atoms with Crippen LogP contribution in [-0.4, -0.2) is 26.0 Å². The van der Waals surface area contributed by atoms with Crippen molar-refractivity contribution in [3.63, 3.8) is 0 Å². The average Bonchev–Trinajstić information content (AvgIpc) is 2.69. The summed E-state index contributed by atoms with van der Waals surface area (Å²) >= 11 is 5.26.